The molecule has 1 atom stereocenters. The molecular formula is C23H27N3O3S. The highest BCUT2D eigenvalue weighted by molar-refractivity contribution is 7.99. The molecule has 3 rings (SSSR count). The van der Waals surface area contributed by atoms with E-state index < -0.39 is 11.6 Å². The molecule has 6 nitrogen and oxygen atoms in total. The number of thioether (sulfide) groups is 1. The average molecular weight is 426 g/mol. The molecule has 1 aliphatic heterocycles. The molecule has 2 aromatic rings. The van der Waals surface area contributed by atoms with Crippen molar-refractivity contribution in [1.82, 2.24) is 15.5 Å². The van der Waals surface area contributed by atoms with E-state index in [4.69, 9.17) is 0 Å². The van der Waals surface area contributed by atoms with Crippen molar-refractivity contribution in [1.29, 1.82) is 0 Å². The predicted octanol–water partition coefficient (Wildman–Crippen LogP) is 3.45. The van der Waals surface area contributed by atoms with Gasteiger partial charge in [-0.3, -0.25) is 14.5 Å². The van der Waals surface area contributed by atoms with Gasteiger partial charge in [-0.05, 0) is 31.0 Å². The van der Waals surface area contributed by atoms with Crippen molar-refractivity contribution in [2.45, 2.75) is 37.1 Å². The number of rotatable bonds is 9. The standard InChI is InChI=1S/C23H27N3O3S/c1-3-13-23(18-7-5-4-6-8-18)21(28)26(22(29)25-23)16-20(27)24-14-15-30-19-11-9-17(2)10-12-19/h4-12H,3,13-16H2,1-2H3,(H,24,27)(H,25,29)/t23-/m1/s1. The first-order valence-electron chi connectivity index (χ1n) is 10.1. The van der Waals surface area contributed by atoms with E-state index in [-0.39, 0.29) is 18.4 Å². The Kier molecular flexibility index (Phi) is 7.15. The van der Waals surface area contributed by atoms with Crippen LogP contribution in [0, 0.1) is 6.92 Å². The van der Waals surface area contributed by atoms with E-state index in [1.54, 1.807) is 11.8 Å². The van der Waals surface area contributed by atoms with Crippen LogP contribution in [-0.4, -0.2) is 41.6 Å². The van der Waals surface area contributed by atoms with Crippen molar-refractivity contribution in [3.8, 4) is 0 Å². The molecule has 30 heavy (non-hydrogen) atoms. The van der Waals surface area contributed by atoms with E-state index >= 15 is 0 Å². The predicted molar refractivity (Wildman–Crippen MR) is 118 cm³/mol. The van der Waals surface area contributed by atoms with E-state index in [1.165, 1.54) is 5.56 Å². The summed E-state index contributed by atoms with van der Waals surface area (Å²) in [6.45, 7) is 4.18. The third-order valence-corrected chi connectivity index (χ3v) is 6.10. The summed E-state index contributed by atoms with van der Waals surface area (Å²) in [7, 11) is 0. The Morgan fingerprint density at radius 3 is 2.47 bits per heavy atom. The first-order valence-corrected chi connectivity index (χ1v) is 11.1. The second-order valence-corrected chi connectivity index (χ2v) is 8.52. The summed E-state index contributed by atoms with van der Waals surface area (Å²) in [6, 6.07) is 16.9. The number of nitrogens with zero attached hydrogens (tertiary/aromatic N) is 1. The highest BCUT2D eigenvalue weighted by Crippen LogP contribution is 2.33. The molecule has 1 heterocycles. The van der Waals surface area contributed by atoms with Crippen molar-refractivity contribution in [2.75, 3.05) is 18.8 Å². The zero-order chi connectivity index (χ0) is 21.6. The summed E-state index contributed by atoms with van der Waals surface area (Å²) < 4.78 is 0. The molecule has 0 bridgehead atoms. The van der Waals surface area contributed by atoms with Crippen LogP contribution in [0.25, 0.3) is 0 Å². The molecule has 0 radical (unpaired) electrons. The lowest BCUT2D eigenvalue weighted by Crippen LogP contribution is -2.45. The summed E-state index contributed by atoms with van der Waals surface area (Å²) >= 11 is 1.64. The van der Waals surface area contributed by atoms with Crippen LogP contribution in [0.4, 0.5) is 4.79 Å². The Morgan fingerprint density at radius 2 is 1.80 bits per heavy atom. The second-order valence-electron chi connectivity index (χ2n) is 7.35. The van der Waals surface area contributed by atoms with Crippen molar-refractivity contribution < 1.29 is 14.4 Å². The fourth-order valence-electron chi connectivity index (χ4n) is 3.57. The van der Waals surface area contributed by atoms with Crippen LogP contribution in [0.2, 0.25) is 0 Å². The molecule has 1 saturated heterocycles. The van der Waals surface area contributed by atoms with Crippen LogP contribution in [0.15, 0.2) is 59.5 Å². The van der Waals surface area contributed by atoms with Gasteiger partial charge in [-0.25, -0.2) is 4.79 Å². The highest BCUT2D eigenvalue weighted by atomic mass is 32.2. The SMILES string of the molecule is CCC[C@]1(c2ccccc2)NC(=O)N(CC(=O)NCCSc2ccc(C)cc2)C1=O. The van der Waals surface area contributed by atoms with Gasteiger partial charge >= 0.3 is 6.03 Å². The van der Waals surface area contributed by atoms with Gasteiger partial charge in [0.1, 0.15) is 12.1 Å². The zero-order valence-corrected chi connectivity index (χ0v) is 18.1. The van der Waals surface area contributed by atoms with Crippen molar-refractivity contribution in [3.05, 3.63) is 65.7 Å². The smallest absolute Gasteiger partial charge is 0.325 e. The number of urea groups is 1. The topological polar surface area (TPSA) is 78.5 Å². The lowest BCUT2D eigenvalue weighted by Gasteiger charge is -2.26. The van der Waals surface area contributed by atoms with E-state index in [2.05, 4.69) is 10.6 Å². The summed E-state index contributed by atoms with van der Waals surface area (Å²) in [4.78, 5) is 40.2. The van der Waals surface area contributed by atoms with Gasteiger partial charge in [-0.2, -0.15) is 0 Å². The molecule has 0 spiro atoms. The lowest BCUT2D eigenvalue weighted by molar-refractivity contribution is -0.135. The Morgan fingerprint density at radius 1 is 1.10 bits per heavy atom. The van der Waals surface area contributed by atoms with Gasteiger partial charge in [0.05, 0.1) is 0 Å². The minimum atomic E-state index is -1.10. The Balaban J connectivity index is 1.56. The Labute approximate surface area is 181 Å². The largest absolute Gasteiger partial charge is 0.354 e. The molecule has 1 aliphatic rings. The molecule has 2 N–H and O–H groups in total. The number of benzene rings is 2. The van der Waals surface area contributed by atoms with E-state index in [0.29, 0.717) is 18.7 Å². The first-order chi connectivity index (χ1) is 14.5. The maximum Gasteiger partial charge on any atom is 0.325 e. The summed E-state index contributed by atoms with van der Waals surface area (Å²) in [5.41, 5.74) is 0.841. The van der Waals surface area contributed by atoms with Gasteiger partial charge in [0.15, 0.2) is 0 Å². The molecule has 4 amide bonds. The molecule has 0 unspecified atom stereocenters. The fraction of sp³-hybridized carbons (Fsp3) is 0.348. The Hall–Kier alpha value is -2.80. The van der Waals surface area contributed by atoms with Gasteiger partial charge in [0.25, 0.3) is 5.91 Å². The van der Waals surface area contributed by atoms with Gasteiger partial charge < -0.3 is 10.6 Å². The van der Waals surface area contributed by atoms with Gasteiger partial charge in [-0.15, -0.1) is 11.8 Å². The number of aryl methyl sites for hydroxylation is 1. The number of amides is 4. The molecule has 2 aromatic carbocycles. The number of hydrogen-bond acceptors (Lipinski definition) is 4. The van der Waals surface area contributed by atoms with Crippen molar-refractivity contribution in [2.24, 2.45) is 0 Å². The molecule has 158 valence electrons. The molecule has 0 aromatic heterocycles. The third kappa shape index (κ3) is 4.84. The maximum absolute atomic E-state index is 13.2. The van der Waals surface area contributed by atoms with Crippen LogP contribution in [-0.2, 0) is 15.1 Å². The maximum atomic E-state index is 13.2. The van der Waals surface area contributed by atoms with Crippen LogP contribution in [0.5, 0.6) is 0 Å². The number of carbonyl (C=O) groups is 3. The minimum absolute atomic E-state index is 0.280. The third-order valence-electron chi connectivity index (χ3n) is 5.08. The second kappa shape index (κ2) is 9.80. The van der Waals surface area contributed by atoms with Crippen molar-refractivity contribution >= 4 is 29.6 Å². The number of nitrogens with one attached hydrogen (secondary N) is 2. The van der Waals surface area contributed by atoms with E-state index in [1.807, 2.05) is 68.4 Å². The van der Waals surface area contributed by atoms with Crippen LogP contribution in [0.1, 0.15) is 30.9 Å². The molecule has 1 fully saturated rings. The first kappa shape index (κ1) is 21.9. The van der Waals surface area contributed by atoms with Crippen LogP contribution >= 0.6 is 11.8 Å². The van der Waals surface area contributed by atoms with Crippen LogP contribution < -0.4 is 10.6 Å². The van der Waals surface area contributed by atoms with E-state index in [0.717, 1.165) is 21.8 Å². The highest BCUT2D eigenvalue weighted by Gasteiger charge is 2.52. The lowest BCUT2D eigenvalue weighted by atomic mass is 9.85. The molecule has 7 heteroatoms. The van der Waals surface area contributed by atoms with Gasteiger partial charge in [0, 0.05) is 17.2 Å². The quantitative estimate of drug-likeness (QED) is 0.366. The molecular weight excluding hydrogens is 398 g/mol. The fourth-order valence-corrected chi connectivity index (χ4v) is 4.34. The number of carbonyl (C=O) groups excluding carboxylic acids is 3. The Bertz CT molecular complexity index is 902. The number of imide groups is 1. The monoisotopic (exact) mass is 425 g/mol. The molecule has 0 saturated carbocycles. The summed E-state index contributed by atoms with van der Waals surface area (Å²) in [5, 5.41) is 5.63. The van der Waals surface area contributed by atoms with Crippen molar-refractivity contribution in [3.63, 3.8) is 0 Å². The number of hydrogen-bond donors (Lipinski definition) is 2. The normalized spacial score (nSPS) is 18.4. The molecule has 0 aliphatic carbocycles. The minimum Gasteiger partial charge on any atom is -0.354 e. The zero-order valence-electron chi connectivity index (χ0n) is 17.3. The van der Waals surface area contributed by atoms with Gasteiger partial charge in [-0.1, -0.05) is 61.4 Å². The van der Waals surface area contributed by atoms with Crippen LogP contribution in [0.3, 0.4) is 0 Å². The summed E-state index contributed by atoms with van der Waals surface area (Å²) in [5.74, 6) is -0.00765. The summed E-state index contributed by atoms with van der Waals surface area (Å²) in [6.07, 6.45) is 1.20. The van der Waals surface area contributed by atoms with Gasteiger partial charge in [0.2, 0.25) is 5.91 Å². The van der Waals surface area contributed by atoms with E-state index in [9.17, 15) is 14.4 Å². The average Bonchev–Trinajstić information content (AvgIpc) is 2.98.